The number of aliphatic hydroxyl groups is 2. The number of amides is 1. The number of cyclic esters (lactones) is 2. The van der Waals surface area contributed by atoms with Crippen LogP contribution in [-0.4, -0.2) is 152 Å². The Balaban J connectivity index is 1.34. The van der Waals surface area contributed by atoms with E-state index in [2.05, 4.69) is 12.7 Å². The van der Waals surface area contributed by atoms with Gasteiger partial charge in [0, 0.05) is 58.7 Å². The summed E-state index contributed by atoms with van der Waals surface area (Å²) in [6.45, 7) is 14.5. The lowest BCUT2D eigenvalue weighted by molar-refractivity contribution is -0.302. The van der Waals surface area contributed by atoms with Crippen LogP contribution in [0.3, 0.4) is 0 Å². The van der Waals surface area contributed by atoms with Gasteiger partial charge in [0.15, 0.2) is 0 Å². The first-order chi connectivity index (χ1) is 33.9. The molecule has 0 aromatic heterocycles. The number of Topliss-reactive ketones (excluding diaryl/α,β-unsaturated/α-hetero) is 2. The monoisotopic (exact) mass is 1020 g/mol. The number of allylic oxidation sites excluding steroid dienone is 4. The molecule has 0 aromatic carbocycles. The van der Waals surface area contributed by atoms with Crippen molar-refractivity contribution in [3.05, 3.63) is 36.0 Å². The number of aliphatic hydroxyl groups excluding tert-OH is 1. The SMILES string of the molecule is C=CC[C@@H]1/C=C(\C)C[C@H](C)C[C@H](OC)C2O[C@@](O)(C(=O)C(=O)N3CCCC[C@H]3C(=O)O[C@H](/C(C)=C/[C@@H]3CC[C@@H](OCCCSCCCCC4CCOC4=O)[C@H](OC)C3)[C@H](C)[C@@H](O)CC1=O)[C@H](C)C[C@@H]2OC. The van der Waals surface area contributed by atoms with Crippen LogP contribution in [0.5, 0.6) is 0 Å². The molecule has 3 saturated heterocycles. The zero-order valence-electron chi connectivity index (χ0n) is 44.0. The maximum atomic E-state index is 14.6. The molecular weight excluding hydrogens is 931 g/mol. The number of unbranched alkanes of at least 4 members (excludes halogenated alkanes) is 1. The molecule has 15 nitrogen and oxygen atoms in total. The van der Waals surface area contributed by atoms with Gasteiger partial charge in [-0.3, -0.25) is 19.2 Å². The van der Waals surface area contributed by atoms with Crippen LogP contribution >= 0.6 is 11.8 Å². The molecule has 16 heteroatoms. The molecule has 1 aliphatic carbocycles. The van der Waals surface area contributed by atoms with E-state index in [4.69, 9.17) is 33.2 Å². The Morgan fingerprint density at radius 2 is 1.61 bits per heavy atom. The molecule has 1 saturated carbocycles. The van der Waals surface area contributed by atoms with Gasteiger partial charge in [-0.25, -0.2) is 4.79 Å². The molecular formula is C55H87NO14S. The number of thioether (sulfide) groups is 1. The highest BCUT2D eigenvalue weighted by Gasteiger charge is 2.56. The number of ketones is 2. The molecule has 4 heterocycles. The summed E-state index contributed by atoms with van der Waals surface area (Å²) in [5.41, 5.74) is 1.65. The number of carbonyl (C=O) groups excluding carboxylic acids is 5. The molecule has 2 bridgehead atoms. The average molecular weight is 1020 g/mol. The van der Waals surface area contributed by atoms with Crippen LogP contribution in [0.25, 0.3) is 0 Å². The smallest absolute Gasteiger partial charge is 0.329 e. The first kappa shape index (κ1) is 58.9. The summed E-state index contributed by atoms with van der Waals surface area (Å²) >= 11 is 1.91. The quantitative estimate of drug-likeness (QED) is 0.0629. The van der Waals surface area contributed by atoms with Crippen LogP contribution in [0.1, 0.15) is 137 Å². The summed E-state index contributed by atoms with van der Waals surface area (Å²) in [6, 6.07) is -1.15. The van der Waals surface area contributed by atoms with E-state index in [0.29, 0.717) is 57.3 Å². The molecule has 4 fully saturated rings. The second-order valence-electron chi connectivity index (χ2n) is 21.2. The van der Waals surface area contributed by atoms with Gasteiger partial charge in [0.25, 0.3) is 11.7 Å². The minimum atomic E-state index is -2.52. The van der Waals surface area contributed by atoms with Crippen molar-refractivity contribution in [2.24, 2.45) is 35.5 Å². The summed E-state index contributed by atoms with van der Waals surface area (Å²) < 4.78 is 41.9. The van der Waals surface area contributed by atoms with Crippen molar-refractivity contribution in [2.75, 3.05) is 52.6 Å². The van der Waals surface area contributed by atoms with Crippen LogP contribution in [0.4, 0.5) is 0 Å². The van der Waals surface area contributed by atoms with Crippen LogP contribution in [0.2, 0.25) is 0 Å². The van der Waals surface area contributed by atoms with Crippen molar-refractivity contribution in [1.29, 1.82) is 0 Å². The number of esters is 2. The minimum absolute atomic E-state index is 0.00390. The number of fused-ring (bicyclic) bond motifs is 3. The molecule has 71 heavy (non-hydrogen) atoms. The van der Waals surface area contributed by atoms with Crippen molar-refractivity contribution in [2.45, 2.75) is 192 Å². The Morgan fingerprint density at radius 1 is 0.887 bits per heavy atom. The largest absolute Gasteiger partial charge is 0.465 e. The summed E-state index contributed by atoms with van der Waals surface area (Å²) in [6.07, 6.45) is 11.0. The topological polar surface area (TPSA) is 194 Å². The first-order valence-electron chi connectivity index (χ1n) is 26.5. The van der Waals surface area contributed by atoms with Gasteiger partial charge in [-0.15, -0.1) is 6.58 Å². The van der Waals surface area contributed by atoms with E-state index in [9.17, 15) is 34.2 Å². The minimum Gasteiger partial charge on any atom is -0.465 e. The lowest BCUT2D eigenvalue weighted by Crippen LogP contribution is -2.64. The van der Waals surface area contributed by atoms with E-state index in [1.54, 1.807) is 27.0 Å². The summed E-state index contributed by atoms with van der Waals surface area (Å²) in [5.74, 6) is -5.64. The third kappa shape index (κ3) is 16.0. The molecule has 4 aliphatic heterocycles. The Kier molecular flexibility index (Phi) is 23.8. The Bertz CT molecular complexity index is 1840. The van der Waals surface area contributed by atoms with Gasteiger partial charge in [0.05, 0.1) is 43.0 Å². The fourth-order valence-electron chi connectivity index (χ4n) is 11.5. The highest BCUT2D eigenvalue weighted by molar-refractivity contribution is 7.99. The molecule has 15 atom stereocenters. The number of carbonyl (C=O) groups is 5. The van der Waals surface area contributed by atoms with Gasteiger partial charge in [-0.2, -0.15) is 11.8 Å². The molecule has 0 aromatic rings. The average Bonchev–Trinajstić information content (AvgIpc) is 3.77. The lowest BCUT2D eigenvalue weighted by Gasteiger charge is -2.47. The van der Waals surface area contributed by atoms with Gasteiger partial charge in [-0.05, 0) is 133 Å². The predicted octanol–water partition coefficient (Wildman–Crippen LogP) is 7.52. The second-order valence-corrected chi connectivity index (χ2v) is 22.5. The van der Waals surface area contributed by atoms with E-state index in [1.165, 1.54) is 19.1 Å². The molecule has 0 spiro atoms. The number of methoxy groups -OCH3 is 3. The van der Waals surface area contributed by atoms with Gasteiger partial charge >= 0.3 is 11.9 Å². The Morgan fingerprint density at radius 3 is 2.30 bits per heavy atom. The number of hydrogen-bond acceptors (Lipinski definition) is 15. The second kappa shape index (κ2) is 28.6. The Labute approximate surface area is 427 Å². The van der Waals surface area contributed by atoms with E-state index in [1.807, 2.05) is 38.6 Å². The summed E-state index contributed by atoms with van der Waals surface area (Å²) in [4.78, 5) is 70.4. The van der Waals surface area contributed by atoms with E-state index in [-0.39, 0.29) is 67.5 Å². The third-order valence-electron chi connectivity index (χ3n) is 15.7. The number of rotatable bonds is 17. The zero-order chi connectivity index (χ0) is 51.8. The Hall–Kier alpha value is -2.96. The molecule has 2 N–H and O–H groups in total. The van der Waals surface area contributed by atoms with Crippen LogP contribution in [0, 0.1) is 35.5 Å². The fourth-order valence-corrected chi connectivity index (χ4v) is 12.4. The first-order valence-corrected chi connectivity index (χ1v) is 27.7. The summed E-state index contributed by atoms with van der Waals surface area (Å²) in [5, 5.41) is 24.1. The maximum Gasteiger partial charge on any atom is 0.329 e. The van der Waals surface area contributed by atoms with Gasteiger partial charge in [0.1, 0.15) is 24.0 Å². The van der Waals surface area contributed by atoms with Crippen LogP contribution in [-0.2, 0) is 57.1 Å². The molecule has 2 unspecified atom stereocenters. The van der Waals surface area contributed by atoms with Crippen molar-refractivity contribution in [1.82, 2.24) is 4.90 Å². The van der Waals surface area contributed by atoms with Crippen LogP contribution in [0.15, 0.2) is 36.0 Å². The number of piperidine rings is 1. The molecule has 5 aliphatic rings. The van der Waals surface area contributed by atoms with Crippen molar-refractivity contribution in [3.63, 3.8) is 0 Å². The fraction of sp³-hybridized carbons (Fsp3) is 0.800. The van der Waals surface area contributed by atoms with Gasteiger partial charge in [0.2, 0.25) is 5.79 Å². The van der Waals surface area contributed by atoms with E-state index < -0.39 is 77.8 Å². The standard InChI is InChI=1S/C55H87NO14S/c1-10-16-41-28-34(2)27-35(3)29-47(65-8)50-48(66-9)31-37(5)55(63,70-50)51(59)52(60)56-22-13-11-18-42(56)54(62)69-49(38(6)43(57)33-44(41)58)36(4)30-39-19-20-45(46(32-39)64-7)67-23-15-26-71-25-14-12-17-40-21-24-68-53(40)61/h10,28,30,35,37-43,45-50,57,63H,1,11-27,29,31-33H2,2-9H3/b34-28+,36-30+/t35-,37+,38+,39-,40?,41+,42-,43-,45+,46+,47-,48-,49+,50?,55+/m0/s1. The number of ether oxygens (including phenoxy) is 7. The molecule has 1 amide bonds. The normalized spacial score (nSPS) is 37.3. The van der Waals surface area contributed by atoms with Crippen molar-refractivity contribution >= 4 is 41.2 Å². The van der Waals surface area contributed by atoms with Crippen LogP contribution < -0.4 is 0 Å². The molecule has 0 radical (unpaired) electrons. The lowest BCUT2D eigenvalue weighted by atomic mass is 9.81. The summed E-state index contributed by atoms with van der Waals surface area (Å²) in [7, 11) is 4.76. The number of hydrogen-bond donors (Lipinski definition) is 2. The van der Waals surface area contributed by atoms with E-state index >= 15 is 0 Å². The number of nitrogens with zero attached hydrogens (tertiary/aromatic N) is 1. The maximum absolute atomic E-state index is 14.6. The molecule has 5 rings (SSSR count). The zero-order valence-corrected chi connectivity index (χ0v) is 44.8. The van der Waals surface area contributed by atoms with Crippen molar-refractivity contribution < 1.29 is 67.3 Å². The predicted molar refractivity (Wildman–Crippen MR) is 271 cm³/mol. The van der Waals surface area contributed by atoms with Gasteiger partial charge < -0.3 is 48.3 Å². The van der Waals surface area contributed by atoms with E-state index in [0.717, 1.165) is 62.0 Å². The highest BCUT2D eigenvalue weighted by Crippen LogP contribution is 2.40. The van der Waals surface area contributed by atoms with Gasteiger partial charge in [-0.1, -0.05) is 51.0 Å². The highest BCUT2D eigenvalue weighted by atomic mass is 32.2. The molecule has 402 valence electrons. The van der Waals surface area contributed by atoms with Crippen molar-refractivity contribution in [3.8, 4) is 0 Å². The third-order valence-corrected chi connectivity index (χ3v) is 16.9.